The zero-order valence-corrected chi connectivity index (χ0v) is 11.0. The van der Waals surface area contributed by atoms with Crippen molar-refractivity contribution in [1.82, 2.24) is 5.32 Å². The number of thiophene rings is 1. The summed E-state index contributed by atoms with van der Waals surface area (Å²) in [7, 11) is 1.73. The van der Waals surface area contributed by atoms with E-state index in [0.717, 1.165) is 11.6 Å². The molecule has 0 saturated heterocycles. The lowest BCUT2D eigenvalue weighted by molar-refractivity contribution is 0.124. The Morgan fingerprint density at radius 2 is 2.25 bits per heavy atom. The van der Waals surface area contributed by atoms with Crippen LogP contribution in [0.1, 0.15) is 37.5 Å². The van der Waals surface area contributed by atoms with Gasteiger partial charge in [0, 0.05) is 18.0 Å². The average molecular weight is 239 g/mol. The van der Waals surface area contributed by atoms with Gasteiger partial charge in [-0.1, -0.05) is 13.3 Å². The summed E-state index contributed by atoms with van der Waals surface area (Å²) in [6.07, 6.45) is 5.55. The Bertz CT molecular complexity index is 325. The highest BCUT2D eigenvalue weighted by molar-refractivity contribution is 7.13. The van der Waals surface area contributed by atoms with E-state index in [1.54, 1.807) is 18.4 Å². The Balaban J connectivity index is 1.75. The van der Waals surface area contributed by atoms with Gasteiger partial charge < -0.3 is 10.1 Å². The first-order valence-electron chi connectivity index (χ1n) is 6.11. The Kier molecular flexibility index (Phi) is 3.87. The zero-order valence-electron chi connectivity index (χ0n) is 10.2. The normalized spacial score (nSPS) is 18.1. The van der Waals surface area contributed by atoms with E-state index in [9.17, 15) is 0 Å². The molecule has 0 radical (unpaired) electrons. The molecule has 1 aliphatic rings. The van der Waals surface area contributed by atoms with Crippen LogP contribution in [0.5, 0.6) is 5.06 Å². The van der Waals surface area contributed by atoms with Crippen LogP contribution in [0.4, 0.5) is 0 Å². The Hall–Kier alpha value is -0.540. The van der Waals surface area contributed by atoms with Crippen LogP contribution >= 0.6 is 11.3 Å². The van der Waals surface area contributed by atoms with Crippen LogP contribution in [-0.2, 0) is 6.54 Å². The van der Waals surface area contributed by atoms with Crippen LogP contribution in [0.15, 0.2) is 12.1 Å². The van der Waals surface area contributed by atoms with E-state index in [1.807, 2.05) is 6.07 Å². The molecule has 1 saturated carbocycles. The van der Waals surface area contributed by atoms with Crippen LogP contribution in [-0.4, -0.2) is 13.7 Å². The topological polar surface area (TPSA) is 21.3 Å². The van der Waals surface area contributed by atoms with E-state index in [4.69, 9.17) is 4.74 Å². The first kappa shape index (κ1) is 11.9. The van der Waals surface area contributed by atoms with E-state index in [2.05, 4.69) is 18.3 Å². The fraction of sp³-hybridized carbons (Fsp3) is 0.692. The van der Waals surface area contributed by atoms with Crippen molar-refractivity contribution in [3.05, 3.63) is 17.0 Å². The first-order valence-corrected chi connectivity index (χ1v) is 6.93. The van der Waals surface area contributed by atoms with Crippen molar-refractivity contribution in [3.8, 4) is 5.06 Å². The monoisotopic (exact) mass is 239 g/mol. The molecule has 1 heterocycles. The summed E-state index contributed by atoms with van der Waals surface area (Å²) >= 11 is 1.73. The fourth-order valence-electron chi connectivity index (χ4n) is 2.35. The second-order valence-electron chi connectivity index (χ2n) is 4.74. The van der Waals surface area contributed by atoms with E-state index < -0.39 is 0 Å². The minimum Gasteiger partial charge on any atom is -0.487 e. The third kappa shape index (κ3) is 2.58. The van der Waals surface area contributed by atoms with Crippen LogP contribution in [0, 0.1) is 5.41 Å². The Labute approximate surface area is 102 Å². The molecule has 2 nitrogen and oxygen atoms in total. The average Bonchev–Trinajstić information content (AvgIpc) is 2.70. The van der Waals surface area contributed by atoms with Gasteiger partial charge in [-0.15, -0.1) is 11.3 Å². The summed E-state index contributed by atoms with van der Waals surface area (Å²) < 4.78 is 5.19. The first-order chi connectivity index (χ1) is 7.78. The van der Waals surface area contributed by atoms with Crippen molar-refractivity contribution >= 4 is 11.3 Å². The molecule has 1 fully saturated rings. The van der Waals surface area contributed by atoms with Gasteiger partial charge >= 0.3 is 0 Å². The van der Waals surface area contributed by atoms with Gasteiger partial charge in [0.25, 0.3) is 0 Å². The van der Waals surface area contributed by atoms with Gasteiger partial charge in [-0.05, 0) is 36.8 Å². The third-order valence-corrected chi connectivity index (χ3v) is 4.85. The third-order valence-electron chi connectivity index (χ3n) is 3.80. The van der Waals surface area contributed by atoms with Gasteiger partial charge in [-0.2, -0.15) is 0 Å². The molecule has 16 heavy (non-hydrogen) atoms. The van der Waals surface area contributed by atoms with Gasteiger partial charge in [-0.25, -0.2) is 0 Å². The molecule has 0 amide bonds. The molecule has 1 N–H and O–H groups in total. The predicted octanol–water partition coefficient (Wildman–Crippen LogP) is 3.43. The molecular weight excluding hydrogens is 218 g/mol. The second-order valence-corrected chi connectivity index (χ2v) is 5.87. The van der Waals surface area contributed by atoms with Gasteiger partial charge in [-0.3, -0.25) is 0 Å². The lowest BCUT2D eigenvalue weighted by Crippen LogP contribution is -2.39. The molecule has 0 atom stereocenters. The summed E-state index contributed by atoms with van der Waals surface area (Å²) in [6, 6.07) is 4.19. The number of rotatable bonds is 6. The van der Waals surface area contributed by atoms with Gasteiger partial charge in [0.05, 0.1) is 7.11 Å². The van der Waals surface area contributed by atoms with E-state index in [-0.39, 0.29) is 0 Å². The maximum absolute atomic E-state index is 5.19. The van der Waals surface area contributed by atoms with Crippen molar-refractivity contribution in [2.45, 2.75) is 39.2 Å². The SMILES string of the molecule is CCC1(CNCc2ccc(OC)s2)CCC1. The number of nitrogens with one attached hydrogen (secondary N) is 1. The predicted molar refractivity (Wildman–Crippen MR) is 69.2 cm³/mol. The highest BCUT2D eigenvalue weighted by Gasteiger charge is 2.34. The number of methoxy groups -OCH3 is 1. The maximum atomic E-state index is 5.19. The number of ether oxygens (including phenoxy) is 1. The fourth-order valence-corrected chi connectivity index (χ4v) is 3.13. The van der Waals surface area contributed by atoms with Crippen molar-refractivity contribution in [2.75, 3.05) is 13.7 Å². The number of hydrogen-bond donors (Lipinski definition) is 1. The van der Waals surface area contributed by atoms with Crippen LogP contribution in [0.2, 0.25) is 0 Å². The lowest BCUT2D eigenvalue weighted by Gasteiger charge is -2.41. The van der Waals surface area contributed by atoms with E-state index in [1.165, 1.54) is 37.1 Å². The molecule has 0 aliphatic heterocycles. The second kappa shape index (κ2) is 5.19. The molecule has 3 heteroatoms. The highest BCUT2D eigenvalue weighted by atomic mass is 32.1. The van der Waals surface area contributed by atoms with Crippen molar-refractivity contribution < 1.29 is 4.74 Å². The van der Waals surface area contributed by atoms with Gasteiger partial charge in [0.15, 0.2) is 5.06 Å². The molecule has 1 aromatic heterocycles. The van der Waals surface area contributed by atoms with Gasteiger partial charge in [0.2, 0.25) is 0 Å². The highest BCUT2D eigenvalue weighted by Crippen LogP contribution is 2.43. The molecule has 0 aromatic carbocycles. The summed E-state index contributed by atoms with van der Waals surface area (Å²) in [5.41, 5.74) is 0.612. The summed E-state index contributed by atoms with van der Waals surface area (Å²) in [6.45, 7) is 4.47. The molecule has 0 unspecified atom stereocenters. The Morgan fingerprint density at radius 1 is 1.44 bits per heavy atom. The molecule has 1 aliphatic carbocycles. The standard InChI is InChI=1S/C13H21NOS/c1-3-13(7-4-8-13)10-14-9-11-5-6-12(15-2)16-11/h5-6,14H,3-4,7-10H2,1-2H3. The largest absolute Gasteiger partial charge is 0.487 e. The van der Waals surface area contributed by atoms with Crippen LogP contribution < -0.4 is 10.1 Å². The molecule has 90 valence electrons. The zero-order chi connectivity index (χ0) is 11.4. The van der Waals surface area contributed by atoms with E-state index >= 15 is 0 Å². The quantitative estimate of drug-likeness (QED) is 0.821. The minimum absolute atomic E-state index is 0.612. The summed E-state index contributed by atoms with van der Waals surface area (Å²) in [5, 5.41) is 4.59. The van der Waals surface area contributed by atoms with Gasteiger partial charge in [0.1, 0.15) is 0 Å². The maximum Gasteiger partial charge on any atom is 0.173 e. The molecule has 0 spiro atoms. The number of hydrogen-bond acceptors (Lipinski definition) is 3. The van der Waals surface area contributed by atoms with E-state index in [0.29, 0.717) is 5.41 Å². The Morgan fingerprint density at radius 3 is 2.75 bits per heavy atom. The smallest absolute Gasteiger partial charge is 0.173 e. The summed E-state index contributed by atoms with van der Waals surface area (Å²) in [4.78, 5) is 1.36. The molecule has 2 rings (SSSR count). The van der Waals surface area contributed by atoms with Crippen LogP contribution in [0.3, 0.4) is 0 Å². The molecule has 0 bridgehead atoms. The molecule has 1 aromatic rings. The van der Waals surface area contributed by atoms with Crippen LogP contribution in [0.25, 0.3) is 0 Å². The van der Waals surface area contributed by atoms with Crippen molar-refractivity contribution in [1.29, 1.82) is 0 Å². The summed E-state index contributed by atoms with van der Waals surface area (Å²) in [5.74, 6) is 0. The van der Waals surface area contributed by atoms with Crippen molar-refractivity contribution in [2.24, 2.45) is 5.41 Å². The molecular formula is C13H21NOS. The van der Waals surface area contributed by atoms with Crippen molar-refractivity contribution in [3.63, 3.8) is 0 Å². The minimum atomic E-state index is 0.612. The lowest BCUT2D eigenvalue weighted by atomic mass is 9.67.